The Morgan fingerprint density at radius 2 is 1.81 bits per heavy atom. The van der Waals surface area contributed by atoms with E-state index in [0.29, 0.717) is 6.42 Å². The largest absolute Gasteiger partial charge is 0.483 e. The molecule has 1 saturated carbocycles. The minimum Gasteiger partial charge on any atom is -0.483 e. The van der Waals surface area contributed by atoms with Crippen LogP contribution in [0.1, 0.15) is 42.5 Å². The number of nitrogens with zero attached hydrogens (tertiary/aromatic N) is 1. The Labute approximate surface area is 153 Å². The van der Waals surface area contributed by atoms with Gasteiger partial charge >= 0.3 is 0 Å². The van der Waals surface area contributed by atoms with Gasteiger partial charge in [-0.1, -0.05) is 25.0 Å². The number of hydrogen-bond acceptors (Lipinski definition) is 5. The number of benzene rings is 1. The summed E-state index contributed by atoms with van der Waals surface area (Å²) >= 11 is 0. The summed E-state index contributed by atoms with van der Waals surface area (Å²) in [6, 6.07) is 6.28. The second-order valence-corrected chi connectivity index (χ2v) is 9.17. The Bertz CT molecular complexity index is 787. The number of amides is 2. The van der Waals surface area contributed by atoms with Crippen LogP contribution < -0.4 is 10.5 Å². The van der Waals surface area contributed by atoms with Crippen molar-refractivity contribution >= 4 is 21.7 Å². The van der Waals surface area contributed by atoms with Crippen LogP contribution in [0.25, 0.3) is 0 Å². The minimum absolute atomic E-state index is 0.0209. The van der Waals surface area contributed by atoms with E-state index < -0.39 is 15.7 Å². The van der Waals surface area contributed by atoms with Crippen LogP contribution in [0.15, 0.2) is 24.3 Å². The summed E-state index contributed by atoms with van der Waals surface area (Å²) in [5, 5.41) is 0. The van der Waals surface area contributed by atoms with Gasteiger partial charge in [0.25, 0.3) is 11.8 Å². The van der Waals surface area contributed by atoms with Crippen molar-refractivity contribution in [3.8, 4) is 5.75 Å². The van der Waals surface area contributed by atoms with Crippen LogP contribution in [0.5, 0.6) is 5.75 Å². The van der Waals surface area contributed by atoms with E-state index >= 15 is 0 Å². The zero-order valence-electron chi connectivity index (χ0n) is 14.6. The van der Waals surface area contributed by atoms with E-state index in [4.69, 9.17) is 10.5 Å². The molecule has 0 aromatic heterocycles. The van der Waals surface area contributed by atoms with E-state index in [9.17, 15) is 18.0 Å². The molecule has 1 unspecified atom stereocenters. The van der Waals surface area contributed by atoms with E-state index in [1.165, 1.54) is 0 Å². The van der Waals surface area contributed by atoms with Crippen molar-refractivity contribution in [3.05, 3.63) is 29.8 Å². The van der Waals surface area contributed by atoms with Crippen molar-refractivity contribution in [2.24, 2.45) is 5.73 Å². The van der Waals surface area contributed by atoms with Gasteiger partial charge in [0.05, 0.1) is 17.1 Å². The lowest BCUT2D eigenvalue weighted by Crippen LogP contribution is -2.48. The fourth-order valence-electron chi connectivity index (χ4n) is 3.89. The molecular formula is C18H24N2O5S. The fraction of sp³-hybridized carbons (Fsp3) is 0.556. The molecule has 1 atom stereocenters. The third-order valence-electron chi connectivity index (χ3n) is 5.11. The topological polar surface area (TPSA) is 107 Å². The number of para-hydroxylation sites is 1. The predicted molar refractivity (Wildman–Crippen MR) is 96.6 cm³/mol. The van der Waals surface area contributed by atoms with Crippen LogP contribution in [0, 0.1) is 0 Å². The van der Waals surface area contributed by atoms with Gasteiger partial charge in [-0.05, 0) is 31.4 Å². The Balaban J connectivity index is 1.73. The highest BCUT2D eigenvalue weighted by Gasteiger charge is 2.39. The Morgan fingerprint density at radius 1 is 1.12 bits per heavy atom. The summed E-state index contributed by atoms with van der Waals surface area (Å²) in [7, 11) is -3.08. The van der Waals surface area contributed by atoms with E-state index in [0.717, 1.165) is 25.7 Å². The minimum atomic E-state index is -3.08. The molecular weight excluding hydrogens is 356 g/mol. The molecule has 1 saturated heterocycles. The SMILES string of the molecule is NC(=O)c1ccccc1OCC(=O)N(C1CCCC1)C1CCS(=O)(=O)C1. The van der Waals surface area contributed by atoms with Gasteiger partial charge in [0, 0.05) is 12.1 Å². The number of primary amides is 1. The van der Waals surface area contributed by atoms with Crippen molar-refractivity contribution in [1.29, 1.82) is 0 Å². The average Bonchev–Trinajstić information content (AvgIpc) is 3.23. The molecule has 26 heavy (non-hydrogen) atoms. The predicted octanol–water partition coefficient (Wildman–Crippen LogP) is 1.12. The molecule has 1 aromatic carbocycles. The number of ether oxygens (including phenoxy) is 1. The lowest BCUT2D eigenvalue weighted by molar-refractivity contribution is -0.137. The summed E-state index contributed by atoms with van der Waals surface area (Å²) < 4.78 is 29.3. The van der Waals surface area contributed by atoms with Crippen LogP contribution in [0.4, 0.5) is 0 Å². The van der Waals surface area contributed by atoms with Gasteiger partial charge in [-0.15, -0.1) is 0 Å². The number of carbonyl (C=O) groups excluding carboxylic acids is 2. The number of sulfone groups is 1. The Morgan fingerprint density at radius 3 is 2.42 bits per heavy atom. The first-order valence-corrected chi connectivity index (χ1v) is 10.7. The summed E-state index contributed by atoms with van der Waals surface area (Å²) in [6.45, 7) is -0.239. The van der Waals surface area contributed by atoms with Crippen molar-refractivity contribution in [2.45, 2.75) is 44.2 Å². The molecule has 3 rings (SSSR count). The third-order valence-corrected chi connectivity index (χ3v) is 6.86. The first-order valence-electron chi connectivity index (χ1n) is 8.90. The molecule has 2 fully saturated rings. The molecule has 2 N–H and O–H groups in total. The first kappa shape index (κ1) is 18.7. The van der Waals surface area contributed by atoms with E-state index in [1.54, 1.807) is 29.2 Å². The normalized spacial score (nSPS) is 22.2. The average molecular weight is 380 g/mol. The highest BCUT2D eigenvalue weighted by Crippen LogP contribution is 2.29. The number of nitrogens with two attached hydrogens (primary N) is 1. The molecule has 0 radical (unpaired) electrons. The van der Waals surface area contributed by atoms with Crippen molar-refractivity contribution in [2.75, 3.05) is 18.1 Å². The molecule has 8 heteroatoms. The quantitative estimate of drug-likeness (QED) is 0.796. The summed E-state index contributed by atoms with van der Waals surface area (Å²) in [5.41, 5.74) is 5.55. The highest BCUT2D eigenvalue weighted by molar-refractivity contribution is 7.91. The number of hydrogen-bond donors (Lipinski definition) is 1. The summed E-state index contributed by atoms with van der Waals surface area (Å²) in [4.78, 5) is 26.1. The van der Waals surface area contributed by atoms with Gasteiger partial charge in [0.2, 0.25) is 0 Å². The molecule has 1 aromatic rings. The Kier molecular flexibility index (Phi) is 5.50. The van der Waals surface area contributed by atoms with Crippen LogP contribution in [-0.4, -0.2) is 55.3 Å². The van der Waals surface area contributed by atoms with Gasteiger partial charge < -0.3 is 15.4 Å². The lowest BCUT2D eigenvalue weighted by atomic mass is 10.1. The maximum atomic E-state index is 12.9. The summed E-state index contributed by atoms with van der Waals surface area (Å²) in [5.74, 6) is -0.452. The van der Waals surface area contributed by atoms with Gasteiger partial charge in [0.15, 0.2) is 16.4 Å². The maximum Gasteiger partial charge on any atom is 0.261 e. The number of carbonyl (C=O) groups is 2. The van der Waals surface area contributed by atoms with Crippen LogP contribution in [0.2, 0.25) is 0 Å². The molecule has 1 heterocycles. The molecule has 2 aliphatic rings. The second-order valence-electron chi connectivity index (χ2n) is 6.95. The van der Waals surface area contributed by atoms with Crippen LogP contribution in [0.3, 0.4) is 0 Å². The molecule has 142 valence electrons. The van der Waals surface area contributed by atoms with Gasteiger partial charge in [-0.2, -0.15) is 0 Å². The van der Waals surface area contributed by atoms with Crippen molar-refractivity contribution in [3.63, 3.8) is 0 Å². The smallest absolute Gasteiger partial charge is 0.261 e. The van der Waals surface area contributed by atoms with Gasteiger partial charge in [0.1, 0.15) is 5.75 Å². The zero-order chi connectivity index (χ0) is 18.7. The third kappa shape index (κ3) is 4.17. The Hall–Kier alpha value is -2.09. The maximum absolute atomic E-state index is 12.9. The zero-order valence-corrected chi connectivity index (χ0v) is 15.4. The van der Waals surface area contributed by atoms with Crippen molar-refractivity contribution in [1.82, 2.24) is 4.90 Å². The van der Waals surface area contributed by atoms with Crippen LogP contribution >= 0.6 is 0 Å². The molecule has 7 nitrogen and oxygen atoms in total. The molecule has 1 aliphatic heterocycles. The van der Waals surface area contributed by atoms with E-state index in [-0.39, 0.29) is 47.4 Å². The molecule has 2 amide bonds. The highest BCUT2D eigenvalue weighted by atomic mass is 32.2. The monoisotopic (exact) mass is 380 g/mol. The fourth-order valence-corrected chi connectivity index (χ4v) is 5.60. The van der Waals surface area contributed by atoms with Gasteiger partial charge in [-0.3, -0.25) is 9.59 Å². The van der Waals surface area contributed by atoms with Gasteiger partial charge in [-0.25, -0.2) is 8.42 Å². The molecule has 1 aliphatic carbocycles. The molecule has 0 spiro atoms. The molecule has 0 bridgehead atoms. The second kappa shape index (κ2) is 7.65. The van der Waals surface area contributed by atoms with E-state index in [1.807, 2.05) is 0 Å². The van der Waals surface area contributed by atoms with E-state index in [2.05, 4.69) is 0 Å². The van der Waals surface area contributed by atoms with Crippen molar-refractivity contribution < 1.29 is 22.7 Å². The summed E-state index contributed by atoms with van der Waals surface area (Å²) in [6.07, 6.45) is 4.33. The lowest BCUT2D eigenvalue weighted by Gasteiger charge is -2.34. The standard InChI is InChI=1S/C18H24N2O5S/c19-18(22)15-7-3-4-8-16(15)25-11-17(21)20(13-5-1-2-6-13)14-9-10-26(23,24)12-14/h3-4,7-8,13-14H,1-2,5-6,9-12H2,(H2,19,22). The number of rotatable bonds is 6. The first-order chi connectivity index (χ1) is 12.4. The van der Waals surface area contributed by atoms with Crippen LogP contribution in [-0.2, 0) is 14.6 Å².